The van der Waals surface area contributed by atoms with Crippen LogP contribution in [0.1, 0.15) is 5.56 Å². The van der Waals surface area contributed by atoms with Gasteiger partial charge >= 0.3 is 0 Å². The van der Waals surface area contributed by atoms with Crippen molar-refractivity contribution in [2.75, 3.05) is 0 Å². The van der Waals surface area contributed by atoms with Crippen LogP contribution in [0.5, 0.6) is 0 Å². The minimum absolute atomic E-state index is 1.20. The van der Waals surface area contributed by atoms with Crippen molar-refractivity contribution in [3.63, 3.8) is 0 Å². The Labute approximate surface area is 135 Å². The van der Waals surface area contributed by atoms with E-state index in [-0.39, 0.29) is 0 Å². The minimum Gasteiger partial charge on any atom is -0.135 e. The quantitative estimate of drug-likeness (QED) is 0.515. The van der Waals surface area contributed by atoms with Crippen molar-refractivity contribution < 1.29 is 0 Å². The van der Waals surface area contributed by atoms with Gasteiger partial charge in [0.25, 0.3) is 0 Å². The van der Waals surface area contributed by atoms with Crippen LogP contribution in [0.15, 0.2) is 30.3 Å². The Morgan fingerprint density at radius 3 is 1.33 bits per heavy atom. The first-order valence-electron chi connectivity index (χ1n) is 7.91. The Balaban J connectivity index is 3.58. The van der Waals surface area contributed by atoms with Gasteiger partial charge in [0.05, 0.1) is 0 Å². The van der Waals surface area contributed by atoms with Crippen molar-refractivity contribution in [3.05, 3.63) is 35.9 Å². The van der Waals surface area contributed by atoms with Crippen molar-refractivity contribution in [2.45, 2.75) is 58.9 Å². The van der Waals surface area contributed by atoms with Gasteiger partial charge in [-0.05, 0) is 12.1 Å². The molecule has 0 aliphatic heterocycles. The molecule has 0 saturated heterocycles. The maximum Gasteiger partial charge on any atom is 0.115 e. The summed E-state index contributed by atoms with van der Waals surface area (Å²) in [7, 11) is -3.82. The lowest BCUT2D eigenvalue weighted by Gasteiger charge is -2.53. The van der Waals surface area contributed by atoms with E-state index in [2.05, 4.69) is 101 Å². The molecule has 0 heterocycles. The number of hydrogen-bond donors (Lipinski definition) is 0. The second kappa shape index (κ2) is 6.03. The van der Waals surface area contributed by atoms with Gasteiger partial charge in [-0.25, -0.2) is 0 Å². The predicted octanol–water partition coefficient (Wildman–Crippen LogP) is 5.28. The molecule has 1 aromatic carbocycles. The summed E-state index contributed by atoms with van der Waals surface area (Å²) in [6.07, 6.45) is 0. The Kier molecular flexibility index (Phi) is 5.37. The Hall–Kier alpha value is -0.352. The molecule has 0 unspecified atom stereocenters. The SMILES string of the molecule is C[Si](C)(C)[Si](C#Cc1ccccc1)([Si](C)(C)C)[Si](C)(C)C. The molecule has 0 amide bonds. The van der Waals surface area contributed by atoms with Gasteiger partial charge in [-0.15, -0.1) is 5.54 Å². The summed E-state index contributed by atoms with van der Waals surface area (Å²) in [6, 6.07) is 10.6. The summed E-state index contributed by atoms with van der Waals surface area (Å²) < 4.78 is 0. The van der Waals surface area contributed by atoms with Crippen LogP contribution in [0, 0.1) is 11.5 Å². The van der Waals surface area contributed by atoms with E-state index >= 15 is 0 Å². The summed E-state index contributed by atoms with van der Waals surface area (Å²) in [4.78, 5) is 0. The first-order valence-corrected chi connectivity index (χ1v) is 23.4. The van der Waals surface area contributed by atoms with Crippen molar-refractivity contribution in [1.82, 2.24) is 0 Å². The monoisotopic (exact) mass is 348 g/mol. The van der Waals surface area contributed by atoms with Gasteiger partial charge in [-0.3, -0.25) is 0 Å². The molecular weight excluding hydrogens is 317 g/mol. The van der Waals surface area contributed by atoms with Gasteiger partial charge in [0.1, 0.15) is 6.63 Å². The largest absolute Gasteiger partial charge is 0.135 e. The van der Waals surface area contributed by atoms with Crippen LogP contribution in [-0.2, 0) is 0 Å². The zero-order valence-electron chi connectivity index (χ0n) is 15.4. The van der Waals surface area contributed by atoms with Crippen LogP contribution in [0.25, 0.3) is 0 Å². The summed E-state index contributed by atoms with van der Waals surface area (Å²) in [5.74, 6) is 3.62. The molecule has 0 fully saturated rings. The molecule has 0 aliphatic rings. The van der Waals surface area contributed by atoms with Crippen molar-refractivity contribution >= 4 is 29.4 Å². The molecule has 0 atom stereocenters. The lowest BCUT2D eigenvalue weighted by Crippen LogP contribution is -2.82. The second-order valence-electron chi connectivity index (χ2n) is 9.12. The fourth-order valence-electron chi connectivity index (χ4n) is 4.62. The van der Waals surface area contributed by atoms with Gasteiger partial charge in [-0.2, -0.15) is 0 Å². The molecule has 21 heavy (non-hydrogen) atoms. The average molecular weight is 349 g/mol. The third-order valence-electron chi connectivity index (χ3n) is 4.54. The van der Waals surface area contributed by atoms with E-state index in [1.165, 1.54) is 5.56 Å². The molecule has 0 N–H and O–H groups in total. The van der Waals surface area contributed by atoms with Crippen LogP contribution < -0.4 is 0 Å². The third kappa shape index (κ3) is 3.70. The van der Waals surface area contributed by atoms with Crippen molar-refractivity contribution in [2.24, 2.45) is 0 Å². The molecule has 116 valence electrons. The highest BCUT2D eigenvalue weighted by Crippen LogP contribution is 2.36. The average Bonchev–Trinajstić information content (AvgIpc) is 2.25. The second-order valence-corrected chi connectivity index (χ2v) is 49.1. The molecule has 0 aliphatic carbocycles. The lowest BCUT2D eigenvalue weighted by atomic mass is 10.2. The molecule has 0 aromatic heterocycles. The maximum atomic E-state index is 4.04. The molecule has 0 radical (unpaired) electrons. The van der Waals surface area contributed by atoms with Gasteiger partial charge in [0.2, 0.25) is 0 Å². The topological polar surface area (TPSA) is 0 Å². The molecule has 0 nitrogen and oxygen atoms in total. The highest BCUT2D eigenvalue weighted by Gasteiger charge is 2.61. The zero-order valence-corrected chi connectivity index (χ0v) is 19.4. The highest BCUT2D eigenvalue weighted by molar-refractivity contribution is 7.91. The van der Waals surface area contributed by atoms with E-state index in [9.17, 15) is 0 Å². The molecule has 0 bridgehead atoms. The molecular formula is C17H32Si4. The fourth-order valence-corrected chi connectivity index (χ4v) is 97.8. The Bertz CT molecular complexity index is 495. The lowest BCUT2D eigenvalue weighted by molar-refractivity contribution is 1.65. The predicted molar refractivity (Wildman–Crippen MR) is 109 cm³/mol. The van der Waals surface area contributed by atoms with Gasteiger partial charge in [0, 0.05) is 28.3 Å². The van der Waals surface area contributed by atoms with Crippen LogP contribution >= 0.6 is 0 Å². The normalized spacial score (nSPS) is 13.6. The summed E-state index contributed by atoms with van der Waals surface area (Å²) in [6.45, 7) is 21.8. The van der Waals surface area contributed by atoms with Crippen molar-refractivity contribution in [1.29, 1.82) is 0 Å². The number of benzene rings is 1. The molecule has 1 aromatic rings. The van der Waals surface area contributed by atoms with Gasteiger partial charge < -0.3 is 0 Å². The van der Waals surface area contributed by atoms with E-state index in [0.29, 0.717) is 0 Å². The van der Waals surface area contributed by atoms with E-state index < -0.39 is 29.4 Å². The first-order chi connectivity index (χ1) is 9.33. The minimum atomic E-state index is -1.53. The molecule has 0 spiro atoms. The molecule has 0 saturated carbocycles. The smallest absolute Gasteiger partial charge is 0.115 e. The standard InChI is InChI=1S/C17H32Si4/c1-18(2,3)21(19(4,5)6,20(7,8)9)16-15-17-13-11-10-12-14-17/h10-14H,1-9H3. The van der Waals surface area contributed by atoms with E-state index in [0.717, 1.165) is 0 Å². The third-order valence-corrected chi connectivity index (χ3v) is 73.7. The Morgan fingerprint density at radius 2 is 1.00 bits per heavy atom. The maximum absolute atomic E-state index is 4.04. The molecule has 4 heteroatoms. The van der Waals surface area contributed by atoms with E-state index in [1.54, 1.807) is 0 Å². The fraction of sp³-hybridized carbons (Fsp3) is 0.529. The van der Waals surface area contributed by atoms with Crippen LogP contribution in [0.4, 0.5) is 0 Å². The van der Waals surface area contributed by atoms with E-state index in [4.69, 9.17) is 0 Å². The zero-order chi connectivity index (χ0) is 16.5. The van der Waals surface area contributed by atoms with Gasteiger partial charge in [-0.1, -0.05) is 83.0 Å². The van der Waals surface area contributed by atoms with Crippen LogP contribution in [-0.4, -0.2) is 29.4 Å². The van der Waals surface area contributed by atoms with E-state index in [1.807, 2.05) is 0 Å². The van der Waals surface area contributed by atoms with Crippen molar-refractivity contribution in [3.8, 4) is 11.5 Å². The molecule has 1 rings (SSSR count). The Morgan fingerprint density at radius 1 is 0.619 bits per heavy atom. The van der Waals surface area contributed by atoms with Gasteiger partial charge in [0.15, 0.2) is 0 Å². The number of hydrogen-bond acceptors (Lipinski definition) is 0. The first kappa shape index (κ1) is 18.7. The van der Waals surface area contributed by atoms with Crippen LogP contribution in [0.3, 0.4) is 0 Å². The highest BCUT2D eigenvalue weighted by atomic mass is 29.9. The summed E-state index contributed by atoms with van der Waals surface area (Å²) in [5.41, 5.74) is 5.24. The summed E-state index contributed by atoms with van der Waals surface area (Å²) in [5, 5.41) is 0. The van der Waals surface area contributed by atoms with Crippen LogP contribution in [0.2, 0.25) is 58.9 Å². The number of rotatable bonds is 3. The summed E-state index contributed by atoms with van der Waals surface area (Å²) >= 11 is 0.